The SMILES string of the molecule is O=C(CNc1ccc(F)c(S(=O)(=O)N2CCOCC2)c1)Nc1ccc(OC(F)(F)F)cc1. The van der Waals surface area contributed by atoms with Gasteiger partial charge in [-0.1, -0.05) is 0 Å². The molecule has 3 rings (SSSR count). The summed E-state index contributed by atoms with van der Waals surface area (Å²) in [6, 6.07) is 7.89. The van der Waals surface area contributed by atoms with Gasteiger partial charge in [-0.2, -0.15) is 4.31 Å². The van der Waals surface area contributed by atoms with Gasteiger partial charge >= 0.3 is 6.36 Å². The number of benzene rings is 2. The molecular weight excluding hydrogens is 458 g/mol. The van der Waals surface area contributed by atoms with Crippen LogP contribution < -0.4 is 15.4 Å². The number of alkyl halides is 3. The van der Waals surface area contributed by atoms with Crippen molar-refractivity contribution in [1.82, 2.24) is 4.31 Å². The topological polar surface area (TPSA) is 97.0 Å². The van der Waals surface area contributed by atoms with Gasteiger partial charge in [0.1, 0.15) is 16.5 Å². The molecule has 0 bridgehead atoms. The first kappa shape index (κ1) is 23.8. The molecule has 13 heteroatoms. The maximum Gasteiger partial charge on any atom is 0.573 e. The molecule has 0 spiro atoms. The fourth-order valence-electron chi connectivity index (χ4n) is 2.86. The van der Waals surface area contributed by atoms with E-state index < -0.39 is 38.8 Å². The lowest BCUT2D eigenvalue weighted by molar-refractivity contribution is -0.274. The molecule has 8 nitrogen and oxygen atoms in total. The molecule has 1 aliphatic rings. The number of hydrogen-bond donors (Lipinski definition) is 2. The summed E-state index contributed by atoms with van der Waals surface area (Å²) < 4.78 is 86.1. The molecule has 2 aromatic carbocycles. The van der Waals surface area contributed by atoms with E-state index in [2.05, 4.69) is 15.4 Å². The highest BCUT2D eigenvalue weighted by atomic mass is 32.2. The van der Waals surface area contributed by atoms with Crippen LogP contribution in [0.2, 0.25) is 0 Å². The number of nitrogens with one attached hydrogen (secondary N) is 2. The van der Waals surface area contributed by atoms with Gasteiger partial charge in [-0.3, -0.25) is 4.79 Å². The van der Waals surface area contributed by atoms with Crippen LogP contribution in [0.15, 0.2) is 47.4 Å². The minimum Gasteiger partial charge on any atom is -0.406 e. The van der Waals surface area contributed by atoms with Crippen LogP contribution in [0.4, 0.5) is 28.9 Å². The summed E-state index contributed by atoms with van der Waals surface area (Å²) in [7, 11) is -4.07. The third-order valence-electron chi connectivity index (χ3n) is 4.34. The maximum atomic E-state index is 14.2. The normalized spacial score (nSPS) is 15.2. The molecule has 0 radical (unpaired) electrons. The number of hydrogen-bond acceptors (Lipinski definition) is 6. The largest absolute Gasteiger partial charge is 0.573 e. The highest BCUT2D eigenvalue weighted by Crippen LogP contribution is 2.25. The Kier molecular flexibility index (Phi) is 7.21. The zero-order chi connectivity index (χ0) is 23.4. The van der Waals surface area contributed by atoms with Gasteiger partial charge in [0.15, 0.2) is 0 Å². The molecule has 0 aliphatic carbocycles. The molecule has 0 unspecified atom stereocenters. The van der Waals surface area contributed by atoms with Gasteiger partial charge in [-0.25, -0.2) is 12.8 Å². The van der Waals surface area contributed by atoms with Crippen molar-refractivity contribution in [3.63, 3.8) is 0 Å². The molecule has 0 saturated carbocycles. The van der Waals surface area contributed by atoms with Crippen LogP contribution in [0.3, 0.4) is 0 Å². The summed E-state index contributed by atoms with van der Waals surface area (Å²) in [5.74, 6) is -1.92. The lowest BCUT2D eigenvalue weighted by atomic mass is 10.3. The lowest BCUT2D eigenvalue weighted by Crippen LogP contribution is -2.40. The molecule has 1 fully saturated rings. The van der Waals surface area contributed by atoms with E-state index in [1.54, 1.807) is 0 Å². The number of rotatable bonds is 7. The van der Waals surface area contributed by atoms with Gasteiger partial charge in [0, 0.05) is 24.5 Å². The Balaban J connectivity index is 1.61. The summed E-state index contributed by atoms with van der Waals surface area (Å²) in [6.07, 6.45) is -4.82. The highest BCUT2D eigenvalue weighted by Gasteiger charge is 2.31. The van der Waals surface area contributed by atoms with E-state index in [0.29, 0.717) is 0 Å². The fourth-order valence-corrected chi connectivity index (χ4v) is 4.36. The Hall–Kier alpha value is -2.90. The van der Waals surface area contributed by atoms with E-state index in [4.69, 9.17) is 4.74 Å². The van der Waals surface area contributed by atoms with Crippen LogP contribution in [-0.2, 0) is 19.6 Å². The molecule has 1 heterocycles. The number of nitrogens with zero attached hydrogens (tertiary/aromatic N) is 1. The van der Waals surface area contributed by atoms with E-state index >= 15 is 0 Å². The minimum atomic E-state index is -4.82. The van der Waals surface area contributed by atoms with Gasteiger partial charge in [-0.15, -0.1) is 13.2 Å². The summed E-state index contributed by atoms with van der Waals surface area (Å²) in [5, 5.41) is 5.15. The van der Waals surface area contributed by atoms with Crippen LogP contribution in [-0.4, -0.2) is 57.8 Å². The first-order chi connectivity index (χ1) is 15.0. The summed E-state index contributed by atoms with van der Waals surface area (Å²) in [6.45, 7) is 0.331. The van der Waals surface area contributed by atoms with Gasteiger partial charge in [0.05, 0.1) is 19.8 Å². The van der Waals surface area contributed by atoms with Crippen LogP contribution in [0, 0.1) is 5.82 Å². The maximum absolute atomic E-state index is 14.2. The van der Waals surface area contributed by atoms with E-state index in [1.165, 1.54) is 18.2 Å². The second-order valence-corrected chi connectivity index (χ2v) is 8.54. The Morgan fingerprint density at radius 3 is 2.31 bits per heavy atom. The minimum absolute atomic E-state index is 0.106. The summed E-state index contributed by atoms with van der Waals surface area (Å²) in [4.78, 5) is 11.6. The van der Waals surface area contributed by atoms with Crippen molar-refractivity contribution in [3.8, 4) is 5.75 Å². The quantitative estimate of drug-likeness (QED) is 0.596. The predicted molar refractivity (Wildman–Crippen MR) is 106 cm³/mol. The van der Waals surface area contributed by atoms with E-state index in [-0.39, 0.29) is 44.2 Å². The average Bonchev–Trinajstić information content (AvgIpc) is 2.74. The predicted octanol–water partition coefficient (Wildman–Crippen LogP) is 2.80. The smallest absolute Gasteiger partial charge is 0.406 e. The Labute approximate surface area is 181 Å². The Morgan fingerprint density at radius 1 is 1.06 bits per heavy atom. The number of anilines is 2. The van der Waals surface area contributed by atoms with Crippen molar-refractivity contribution in [3.05, 3.63) is 48.3 Å². The van der Waals surface area contributed by atoms with Crippen LogP contribution >= 0.6 is 0 Å². The zero-order valence-corrected chi connectivity index (χ0v) is 17.3. The van der Waals surface area contributed by atoms with Crippen molar-refractivity contribution in [2.24, 2.45) is 0 Å². The number of sulfonamides is 1. The number of ether oxygens (including phenoxy) is 2. The Morgan fingerprint density at radius 2 is 1.69 bits per heavy atom. The van der Waals surface area contributed by atoms with Crippen molar-refractivity contribution in [2.45, 2.75) is 11.3 Å². The van der Waals surface area contributed by atoms with Crippen molar-refractivity contribution < 1.29 is 40.2 Å². The molecule has 0 aromatic heterocycles. The highest BCUT2D eigenvalue weighted by molar-refractivity contribution is 7.89. The lowest BCUT2D eigenvalue weighted by Gasteiger charge is -2.26. The molecule has 2 aromatic rings. The monoisotopic (exact) mass is 477 g/mol. The molecule has 1 saturated heterocycles. The van der Waals surface area contributed by atoms with Gasteiger partial charge < -0.3 is 20.1 Å². The summed E-state index contributed by atoms with van der Waals surface area (Å²) >= 11 is 0. The fraction of sp³-hybridized carbons (Fsp3) is 0.316. The third-order valence-corrected chi connectivity index (χ3v) is 6.26. The van der Waals surface area contributed by atoms with Gasteiger partial charge in [0.25, 0.3) is 0 Å². The van der Waals surface area contributed by atoms with Gasteiger partial charge in [-0.05, 0) is 42.5 Å². The molecule has 1 aliphatic heterocycles. The van der Waals surface area contributed by atoms with Gasteiger partial charge in [0.2, 0.25) is 15.9 Å². The molecule has 32 heavy (non-hydrogen) atoms. The van der Waals surface area contributed by atoms with E-state index in [0.717, 1.165) is 28.6 Å². The molecule has 2 N–H and O–H groups in total. The van der Waals surface area contributed by atoms with Crippen LogP contribution in [0.25, 0.3) is 0 Å². The van der Waals surface area contributed by atoms with Crippen LogP contribution in [0.1, 0.15) is 0 Å². The first-order valence-electron chi connectivity index (χ1n) is 9.31. The Bertz CT molecular complexity index is 1060. The second-order valence-electron chi connectivity index (χ2n) is 6.64. The van der Waals surface area contributed by atoms with E-state index in [9.17, 15) is 30.8 Å². The standard InChI is InChI=1S/C19H19F4N3O5S/c20-16-6-3-14(11-17(16)32(28,29)26-7-9-30-10-8-26)24-12-18(27)25-13-1-4-15(5-2-13)31-19(21,22)23/h1-6,11,24H,7-10,12H2,(H,25,27). The number of morpholine rings is 1. The zero-order valence-electron chi connectivity index (χ0n) is 16.5. The molecular formula is C19H19F4N3O5S. The number of carbonyl (C=O) groups excluding carboxylic acids is 1. The number of amides is 1. The molecule has 174 valence electrons. The average molecular weight is 477 g/mol. The van der Waals surface area contributed by atoms with Crippen molar-refractivity contribution >= 4 is 27.3 Å². The van der Waals surface area contributed by atoms with Crippen molar-refractivity contribution in [1.29, 1.82) is 0 Å². The first-order valence-corrected chi connectivity index (χ1v) is 10.8. The number of carbonyl (C=O) groups is 1. The van der Waals surface area contributed by atoms with E-state index in [1.807, 2.05) is 0 Å². The third kappa shape index (κ3) is 6.31. The second kappa shape index (κ2) is 9.71. The van der Waals surface area contributed by atoms with Crippen molar-refractivity contribution in [2.75, 3.05) is 43.5 Å². The number of halogens is 4. The summed E-state index contributed by atoms with van der Waals surface area (Å²) in [5.41, 5.74) is 0.420. The molecule has 1 amide bonds. The van der Waals surface area contributed by atoms with Crippen LogP contribution in [0.5, 0.6) is 5.75 Å². The molecule has 0 atom stereocenters.